The highest BCUT2D eigenvalue weighted by Crippen LogP contribution is 2.27. The summed E-state index contributed by atoms with van der Waals surface area (Å²) in [5.74, 6) is 0.540. The molecule has 2 atom stereocenters. The zero-order chi connectivity index (χ0) is 13.3. The molecule has 0 radical (unpaired) electrons. The van der Waals surface area contributed by atoms with E-state index in [-0.39, 0.29) is 17.5 Å². The fourth-order valence-electron chi connectivity index (χ4n) is 3.10. The minimum Gasteiger partial charge on any atom is -0.340 e. The highest BCUT2D eigenvalue weighted by Gasteiger charge is 2.33. The number of amides is 1. The Kier molecular flexibility index (Phi) is 3.97. The molecule has 0 bridgehead atoms. The number of rotatable bonds is 1. The van der Waals surface area contributed by atoms with Crippen molar-refractivity contribution >= 4 is 5.91 Å². The van der Waals surface area contributed by atoms with Gasteiger partial charge in [0.1, 0.15) is 0 Å². The molecule has 0 aromatic heterocycles. The minimum atomic E-state index is 0.196. The fourth-order valence-corrected chi connectivity index (χ4v) is 3.10. The summed E-state index contributed by atoms with van der Waals surface area (Å²) in [6.45, 7) is 10.5. The van der Waals surface area contributed by atoms with Crippen LogP contribution in [0.2, 0.25) is 0 Å². The maximum absolute atomic E-state index is 12.4. The lowest BCUT2D eigenvalue weighted by molar-refractivity contribution is -0.137. The lowest BCUT2D eigenvalue weighted by Gasteiger charge is -2.42. The second-order valence-corrected chi connectivity index (χ2v) is 6.75. The first-order valence-electron chi connectivity index (χ1n) is 7.17. The van der Waals surface area contributed by atoms with Crippen LogP contribution < -0.4 is 5.73 Å². The first kappa shape index (κ1) is 13.8. The monoisotopic (exact) mass is 253 g/mol. The van der Waals surface area contributed by atoms with Crippen molar-refractivity contribution in [1.29, 1.82) is 0 Å². The molecule has 1 saturated carbocycles. The summed E-state index contributed by atoms with van der Waals surface area (Å²) in [6, 6.07) is 0.245. The molecule has 1 saturated heterocycles. The van der Waals surface area contributed by atoms with Crippen LogP contribution in [-0.2, 0) is 4.79 Å². The van der Waals surface area contributed by atoms with Gasteiger partial charge in [0.15, 0.2) is 0 Å². The van der Waals surface area contributed by atoms with Gasteiger partial charge >= 0.3 is 0 Å². The van der Waals surface area contributed by atoms with Gasteiger partial charge in [-0.3, -0.25) is 9.69 Å². The van der Waals surface area contributed by atoms with Crippen LogP contribution in [-0.4, -0.2) is 53.5 Å². The third-order valence-electron chi connectivity index (χ3n) is 4.36. The fraction of sp³-hybridized carbons (Fsp3) is 0.929. The summed E-state index contributed by atoms with van der Waals surface area (Å²) in [7, 11) is 0. The smallest absolute Gasteiger partial charge is 0.225 e. The molecule has 1 aliphatic heterocycles. The number of hydrogen-bond acceptors (Lipinski definition) is 3. The van der Waals surface area contributed by atoms with E-state index in [0.29, 0.717) is 5.91 Å². The van der Waals surface area contributed by atoms with E-state index in [1.54, 1.807) is 0 Å². The van der Waals surface area contributed by atoms with Crippen molar-refractivity contribution in [1.82, 2.24) is 9.80 Å². The van der Waals surface area contributed by atoms with Crippen LogP contribution in [0.25, 0.3) is 0 Å². The summed E-state index contributed by atoms with van der Waals surface area (Å²) >= 11 is 0. The van der Waals surface area contributed by atoms with Crippen molar-refractivity contribution in [3.05, 3.63) is 0 Å². The van der Waals surface area contributed by atoms with Gasteiger partial charge in [0.25, 0.3) is 0 Å². The van der Waals surface area contributed by atoms with Gasteiger partial charge in [-0.15, -0.1) is 0 Å². The Morgan fingerprint density at radius 3 is 2.17 bits per heavy atom. The topological polar surface area (TPSA) is 49.6 Å². The molecule has 1 heterocycles. The molecule has 2 fully saturated rings. The largest absolute Gasteiger partial charge is 0.340 e. The Balaban J connectivity index is 1.84. The number of nitrogens with two attached hydrogens (primary N) is 1. The van der Waals surface area contributed by atoms with E-state index >= 15 is 0 Å². The van der Waals surface area contributed by atoms with Crippen LogP contribution in [0.5, 0.6) is 0 Å². The normalized spacial score (nSPS) is 30.8. The lowest BCUT2D eigenvalue weighted by Crippen LogP contribution is -2.55. The van der Waals surface area contributed by atoms with Crippen molar-refractivity contribution in [2.45, 2.75) is 51.6 Å². The second kappa shape index (κ2) is 5.17. The van der Waals surface area contributed by atoms with Crippen LogP contribution in [0, 0.1) is 5.92 Å². The quantitative estimate of drug-likeness (QED) is 0.760. The van der Waals surface area contributed by atoms with Crippen LogP contribution in [0.4, 0.5) is 0 Å². The molecule has 2 unspecified atom stereocenters. The van der Waals surface area contributed by atoms with E-state index in [1.807, 2.05) is 4.90 Å². The lowest BCUT2D eigenvalue weighted by atomic mass is 10.0. The van der Waals surface area contributed by atoms with Crippen LogP contribution in [0.1, 0.15) is 40.0 Å². The van der Waals surface area contributed by atoms with Crippen LogP contribution in [0.15, 0.2) is 0 Å². The Labute approximate surface area is 110 Å². The summed E-state index contributed by atoms with van der Waals surface area (Å²) in [5.41, 5.74) is 6.11. The predicted octanol–water partition coefficient (Wildman–Crippen LogP) is 1.06. The third kappa shape index (κ3) is 3.04. The van der Waals surface area contributed by atoms with E-state index in [0.717, 1.165) is 45.4 Å². The van der Waals surface area contributed by atoms with E-state index in [4.69, 9.17) is 5.73 Å². The SMILES string of the molecule is CC(C)(C)N1CCN(C(=O)C2CCC(N)C2)CC1. The van der Waals surface area contributed by atoms with Gasteiger partial charge in [0, 0.05) is 43.7 Å². The highest BCUT2D eigenvalue weighted by atomic mass is 16.2. The molecule has 2 aliphatic rings. The summed E-state index contributed by atoms with van der Waals surface area (Å²) < 4.78 is 0. The van der Waals surface area contributed by atoms with Crippen LogP contribution >= 0.6 is 0 Å². The van der Waals surface area contributed by atoms with E-state index < -0.39 is 0 Å². The molecule has 2 rings (SSSR count). The van der Waals surface area contributed by atoms with Gasteiger partial charge in [0.2, 0.25) is 5.91 Å². The first-order valence-corrected chi connectivity index (χ1v) is 7.17. The third-order valence-corrected chi connectivity index (χ3v) is 4.36. The highest BCUT2D eigenvalue weighted by molar-refractivity contribution is 5.79. The van der Waals surface area contributed by atoms with Gasteiger partial charge in [-0.05, 0) is 40.0 Å². The zero-order valence-corrected chi connectivity index (χ0v) is 12.0. The molecule has 1 amide bonds. The Morgan fingerprint density at radius 2 is 1.72 bits per heavy atom. The zero-order valence-electron chi connectivity index (χ0n) is 12.0. The minimum absolute atomic E-state index is 0.196. The molecule has 2 N–H and O–H groups in total. The average Bonchev–Trinajstić information content (AvgIpc) is 2.74. The van der Waals surface area contributed by atoms with Crippen molar-refractivity contribution in [2.75, 3.05) is 26.2 Å². The van der Waals surface area contributed by atoms with Crippen molar-refractivity contribution in [3.63, 3.8) is 0 Å². The summed E-state index contributed by atoms with van der Waals surface area (Å²) in [6.07, 6.45) is 2.89. The van der Waals surface area contributed by atoms with E-state index in [1.165, 1.54) is 0 Å². The number of hydrogen-bond donors (Lipinski definition) is 1. The van der Waals surface area contributed by atoms with Crippen molar-refractivity contribution in [2.24, 2.45) is 11.7 Å². The molecule has 4 heteroatoms. The standard InChI is InChI=1S/C14H27N3O/c1-14(2,3)17-8-6-16(7-9-17)13(18)11-4-5-12(15)10-11/h11-12H,4-10,15H2,1-3H3. The van der Waals surface area contributed by atoms with Gasteiger partial charge < -0.3 is 10.6 Å². The van der Waals surface area contributed by atoms with Crippen molar-refractivity contribution < 1.29 is 4.79 Å². The Hall–Kier alpha value is -0.610. The van der Waals surface area contributed by atoms with Crippen molar-refractivity contribution in [3.8, 4) is 0 Å². The molecular weight excluding hydrogens is 226 g/mol. The Bertz CT molecular complexity index is 303. The molecule has 0 spiro atoms. The number of nitrogens with zero attached hydrogens (tertiary/aromatic N) is 2. The number of carbonyl (C=O) groups excluding carboxylic acids is 1. The average molecular weight is 253 g/mol. The predicted molar refractivity (Wildman–Crippen MR) is 73.2 cm³/mol. The van der Waals surface area contributed by atoms with Gasteiger partial charge in [0.05, 0.1) is 0 Å². The molecular formula is C14H27N3O. The van der Waals surface area contributed by atoms with Gasteiger partial charge in [-0.25, -0.2) is 0 Å². The molecule has 104 valence electrons. The molecule has 1 aliphatic carbocycles. The second-order valence-electron chi connectivity index (χ2n) is 6.75. The Morgan fingerprint density at radius 1 is 1.11 bits per heavy atom. The molecule has 0 aromatic rings. The van der Waals surface area contributed by atoms with Crippen LogP contribution in [0.3, 0.4) is 0 Å². The molecule has 0 aromatic carbocycles. The van der Waals surface area contributed by atoms with Gasteiger partial charge in [-0.1, -0.05) is 0 Å². The maximum atomic E-state index is 12.4. The number of piperazine rings is 1. The summed E-state index contributed by atoms with van der Waals surface area (Å²) in [4.78, 5) is 16.9. The molecule has 4 nitrogen and oxygen atoms in total. The number of carbonyl (C=O) groups is 1. The maximum Gasteiger partial charge on any atom is 0.225 e. The van der Waals surface area contributed by atoms with Gasteiger partial charge in [-0.2, -0.15) is 0 Å². The molecule has 18 heavy (non-hydrogen) atoms. The van der Waals surface area contributed by atoms with E-state index in [2.05, 4.69) is 25.7 Å². The summed E-state index contributed by atoms with van der Waals surface area (Å²) in [5, 5.41) is 0. The first-order chi connectivity index (χ1) is 8.38. The van der Waals surface area contributed by atoms with E-state index in [9.17, 15) is 4.79 Å².